The summed E-state index contributed by atoms with van der Waals surface area (Å²) in [6.45, 7) is 0.504. The van der Waals surface area contributed by atoms with Crippen LogP contribution in [0.3, 0.4) is 0 Å². The Hall–Kier alpha value is -1.77. The fourth-order valence-electron chi connectivity index (χ4n) is 2.70. The number of amides is 1. The lowest BCUT2D eigenvalue weighted by atomic mass is 9.96. The lowest BCUT2D eigenvalue weighted by molar-refractivity contribution is -0.188. The number of alkyl halides is 3. The summed E-state index contributed by atoms with van der Waals surface area (Å²) in [5.41, 5.74) is 0. The van der Waals surface area contributed by atoms with E-state index in [1.807, 2.05) is 0 Å². The molecule has 3 atom stereocenters. The molecule has 0 bridgehead atoms. The van der Waals surface area contributed by atoms with Crippen molar-refractivity contribution in [2.24, 2.45) is 17.8 Å². The number of hydrogen-bond acceptors (Lipinski definition) is 3. The van der Waals surface area contributed by atoms with E-state index in [4.69, 9.17) is 5.11 Å². The van der Waals surface area contributed by atoms with Crippen LogP contribution in [0.25, 0.3) is 0 Å². The molecule has 0 saturated carbocycles. The highest BCUT2D eigenvalue weighted by Gasteiger charge is 2.53. The van der Waals surface area contributed by atoms with Crippen LogP contribution >= 0.6 is 11.8 Å². The smallest absolute Gasteiger partial charge is 0.394 e. The van der Waals surface area contributed by atoms with Gasteiger partial charge in [-0.2, -0.15) is 13.2 Å². The van der Waals surface area contributed by atoms with Crippen LogP contribution in [-0.4, -0.2) is 46.9 Å². The molecule has 0 aromatic heterocycles. The maximum absolute atomic E-state index is 13.0. The molecular formula is C16H17F4NO3S. The third kappa shape index (κ3) is 4.87. The first kappa shape index (κ1) is 19.6. The number of aliphatic carboxylic acids is 1. The van der Waals surface area contributed by atoms with E-state index in [9.17, 15) is 27.2 Å². The molecule has 1 saturated heterocycles. The largest absolute Gasteiger partial charge is 0.481 e. The van der Waals surface area contributed by atoms with Gasteiger partial charge in [-0.05, 0) is 24.3 Å². The van der Waals surface area contributed by atoms with Gasteiger partial charge in [0.05, 0.1) is 11.8 Å². The number of carboxylic acid groups (broad SMARTS) is 1. The van der Waals surface area contributed by atoms with Gasteiger partial charge >= 0.3 is 12.1 Å². The van der Waals surface area contributed by atoms with Gasteiger partial charge in [-0.15, -0.1) is 11.8 Å². The summed E-state index contributed by atoms with van der Waals surface area (Å²) in [4.78, 5) is 25.1. The van der Waals surface area contributed by atoms with Crippen molar-refractivity contribution in [3.8, 4) is 0 Å². The van der Waals surface area contributed by atoms with Crippen molar-refractivity contribution in [2.75, 3.05) is 18.8 Å². The summed E-state index contributed by atoms with van der Waals surface area (Å²) >= 11 is 1.29. The molecule has 138 valence electrons. The van der Waals surface area contributed by atoms with E-state index in [2.05, 4.69) is 0 Å². The average molecular weight is 379 g/mol. The molecule has 2 rings (SSSR count). The quantitative estimate of drug-likeness (QED) is 0.630. The summed E-state index contributed by atoms with van der Waals surface area (Å²) in [5.74, 6) is -6.42. The zero-order valence-electron chi connectivity index (χ0n) is 13.3. The molecule has 1 heterocycles. The SMILES string of the molecule is CC(CSc1ccc(F)cc1)C(=O)N1C[C@@H](C(F)(F)F)[C@H](C(=O)O)C1. The maximum atomic E-state index is 13.0. The minimum Gasteiger partial charge on any atom is -0.481 e. The second-order valence-corrected chi connectivity index (χ2v) is 7.10. The second-order valence-electron chi connectivity index (χ2n) is 6.00. The van der Waals surface area contributed by atoms with Gasteiger partial charge in [-0.25, -0.2) is 4.39 Å². The van der Waals surface area contributed by atoms with Gasteiger partial charge in [0.25, 0.3) is 0 Å². The number of thioether (sulfide) groups is 1. The minimum atomic E-state index is -4.66. The summed E-state index contributed by atoms with van der Waals surface area (Å²) < 4.78 is 51.8. The number of nitrogens with zero attached hydrogens (tertiary/aromatic N) is 1. The lowest BCUT2D eigenvalue weighted by Gasteiger charge is -2.21. The molecule has 1 aromatic carbocycles. The number of carbonyl (C=O) groups is 2. The van der Waals surface area contributed by atoms with Gasteiger partial charge in [0.1, 0.15) is 5.82 Å². The molecule has 0 aliphatic carbocycles. The molecule has 9 heteroatoms. The van der Waals surface area contributed by atoms with Gasteiger partial charge in [0, 0.05) is 29.7 Å². The lowest BCUT2D eigenvalue weighted by Crippen LogP contribution is -2.36. The van der Waals surface area contributed by atoms with Gasteiger partial charge in [0.15, 0.2) is 0 Å². The van der Waals surface area contributed by atoms with Crippen LogP contribution in [0.15, 0.2) is 29.2 Å². The zero-order chi connectivity index (χ0) is 18.8. The molecule has 0 spiro atoms. The molecular weight excluding hydrogens is 362 g/mol. The van der Waals surface area contributed by atoms with Crippen molar-refractivity contribution in [1.82, 2.24) is 4.90 Å². The number of benzene rings is 1. The van der Waals surface area contributed by atoms with Gasteiger partial charge in [-0.1, -0.05) is 6.92 Å². The molecule has 1 aliphatic heterocycles. The van der Waals surface area contributed by atoms with Crippen molar-refractivity contribution in [3.05, 3.63) is 30.1 Å². The fourth-order valence-corrected chi connectivity index (χ4v) is 3.61. The average Bonchev–Trinajstić information content (AvgIpc) is 2.99. The zero-order valence-corrected chi connectivity index (χ0v) is 14.1. The Morgan fingerprint density at radius 1 is 1.28 bits per heavy atom. The van der Waals surface area contributed by atoms with Crippen LogP contribution in [0.1, 0.15) is 6.92 Å². The Bertz CT molecular complexity index is 635. The third-order valence-corrected chi connectivity index (χ3v) is 5.38. The van der Waals surface area contributed by atoms with E-state index >= 15 is 0 Å². The number of carbonyl (C=O) groups excluding carboxylic acids is 1. The van der Waals surface area contributed by atoms with Crippen molar-refractivity contribution in [3.63, 3.8) is 0 Å². The summed E-state index contributed by atoms with van der Waals surface area (Å²) in [6.07, 6.45) is -4.66. The van der Waals surface area contributed by atoms with Crippen molar-refractivity contribution >= 4 is 23.6 Å². The van der Waals surface area contributed by atoms with Gasteiger partial charge in [-0.3, -0.25) is 9.59 Å². The van der Waals surface area contributed by atoms with Crippen LogP contribution in [0, 0.1) is 23.6 Å². The number of halogens is 4. The summed E-state index contributed by atoms with van der Waals surface area (Å²) in [5, 5.41) is 8.99. The predicted molar refractivity (Wildman–Crippen MR) is 83.5 cm³/mol. The first-order chi connectivity index (χ1) is 11.6. The Morgan fingerprint density at radius 3 is 2.36 bits per heavy atom. The fraction of sp³-hybridized carbons (Fsp3) is 0.500. The Kier molecular flexibility index (Phi) is 5.97. The predicted octanol–water partition coefficient (Wildman–Crippen LogP) is 3.28. The molecule has 1 aromatic rings. The second kappa shape index (κ2) is 7.63. The molecule has 25 heavy (non-hydrogen) atoms. The van der Waals surface area contributed by atoms with Crippen LogP contribution in [0.2, 0.25) is 0 Å². The first-order valence-corrected chi connectivity index (χ1v) is 8.55. The van der Waals surface area contributed by atoms with E-state index in [0.29, 0.717) is 5.75 Å². The van der Waals surface area contributed by atoms with Crippen LogP contribution in [0.4, 0.5) is 17.6 Å². The molecule has 1 unspecified atom stereocenters. The van der Waals surface area contributed by atoms with Crippen LogP contribution < -0.4 is 0 Å². The summed E-state index contributed by atoms with van der Waals surface area (Å²) in [6, 6.07) is 5.65. The maximum Gasteiger partial charge on any atom is 0.394 e. The molecule has 1 aliphatic rings. The standard InChI is InChI=1S/C16H17F4NO3S/c1-9(8-25-11-4-2-10(17)3-5-11)14(22)21-6-12(15(23)24)13(7-21)16(18,19)20/h2-5,9,12-13H,6-8H2,1H3,(H,23,24)/t9?,12-,13-/m1/s1. The highest BCUT2D eigenvalue weighted by Crippen LogP contribution is 2.38. The van der Waals surface area contributed by atoms with E-state index in [1.165, 1.54) is 23.9 Å². The Morgan fingerprint density at radius 2 is 1.88 bits per heavy atom. The first-order valence-electron chi connectivity index (χ1n) is 7.56. The number of hydrogen-bond donors (Lipinski definition) is 1. The van der Waals surface area contributed by atoms with Gasteiger partial charge in [0.2, 0.25) is 5.91 Å². The Labute approximate surface area is 146 Å². The monoisotopic (exact) mass is 379 g/mol. The minimum absolute atomic E-state index is 0.301. The third-order valence-electron chi connectivity index (χ3n) is 4.10. The molecule has 1 N–H and O–H groups in total. The number of rotatable bonds is 5. The van der Waals surface area contributed by atoms with Crippen LogP contribution in [0.5, 0.6) is 0 Å². The number of carboxylic acids is 1. The molecule has 1 fully saturated rings. The molecule has 4 nitrogen and oxygen atoms in total. The van der Waals surface area contributed by atoms with E-state index < -0.39 is 48.9 Å². The van der Waals surface area contributed by atoms with Crippen molar-refractivity contribution < 1.29 is 32.3 Å². The summed E-state index contributed by atoms with van der Waals surface area (Å²) in [7, 11) is 0. The van der Waals surface area contributed by atoms with Crippen LogP contribution in [-0.2, 0) is 9.59 Å². The number of likely N-dealkylation sites (tertiary alicyclic amines) is 1. The van der Waals surface area contributed by atoms with E-state index in [-0.39, 0.29) is 5.82 Å². The Balaban J connectivity index is 1.97. The van der Waals surface area contributed by atoms with E-state index in [0.717, 1.165) is 9.80 Å². The van der Waals surface area contributed by atoms with Crippen molar-refractivity contribution in [1.29, 1.82) is 0 Å². The normalized spacial score (nSPS) is 22.0. The van der Waals surface area contributed by atoms with Crippen molar-refractivity contribution in [2.45, 2.75) is 18.0 Å². The molecule has 1 amide bonds. The highest BCUT2D eigenvalue weighted by molar-refractivity contribution is 7.99. The molecule has 0 radical (unpaired) electrons. The highest BCUT2D eigenvalue weighted by atomic mass is 32.2. The van der Waals surface area contributed by atoms with Gasteiger partial charge < -0.3 is 10.0 Å². The topological polar surface area (TPSA) is 57.6 Å². The van der Waals surface area contributed by atoms with E-state index in [1.54, 1.807) is 19.1 Å².